The van der Waals surface area contributed by atoms with Crippen molar-refractivity contribution in [1.29, 1.82) is 0 Å². The van der Waals surface area contributed by atoms with Crippen molar-refractivity contribution >= 4 is 21.7 Å². The third-order valence-corrected chi connectivity index (χ3v) is 6.46. The standard InChI is InChI=1S/C19H30BrN3O3/c1-5-14(11-25-3)23-10-16(20)21-18(19(23)24)22-7-6-13-9-15(26-4)8-12(2)17(13)22/h10,12-15,17H,5-9,11H2,1-4H3/t12-,13?,14+,15?,17?/m1/s1. The van der Waals surface area contributed by atoms with Crippen molar-refractivity contribution in [2.75, 3.05) is 32.3 Å². The van der Waals surface area contributed by atoms with E-state index in [0.717, 1.165) is 32.2 Å². The quantitative estimate of drug-likeness (QED) is 0.697. The van der Waals surface area contributed by atoms with Crippen LogP contribution in [0.2, 0.25) is 0 Å². The van der Waals surface area contributed by atoms with Gasteiger partial charge in [-0.1, -0.05) is 13.8 Å². The number of rotatable bonds is 6. The van der Waals surface area contributed by atoms with Gasteiger partial charge in [-0.2, -0.15) is 0 Å². The lowest BCUT2D eigenvalue weighted by atomic mass is 9.77. The molecule has 2 aliphatic rings. The van der Waals surface area contributed by atoms with Crippen molar-refractivity contribution in [3.05, 3.63) is 21.2 Å². The number of methoxy groups -OCH3 is 2. The number of hydrogen-bond donors (Lipinski definition) is 0. The molecular weight excluding hydrogens is 398 g/mol. The van der Waals surface area contributed by atoms with Gasteiger partial charge in [-0.25, -0.2) is 4.98 Å². The molecule has 0 radical (unpaired) electrons. The van der Waals surface area contributed by atoms with Crippen molar-refractivity contribution in [2.45, 2.75) is 57.7 Å². The first-order valence-corrected chi connectivity index (χ1v) is 10.4. The number of fused-ring (bicyclic) bond motifs is 1. The van der Waals surface area contributed by atoms with E-state index in [1.807, 2.05) is 0 Å². The Kier molecular flexibility index (Phi) is 6.41. The number of anilines is 1. The van der Waals surface area contributed by atoms with E-state index < -0.39 is 0 Å². The van der Waals surface area contributed by atoms with E-state index in [0.29, 0.717) is 41.0 Å². The maximum absolute atomic E-state index is 13.2. The van der Waals surface area contributed by atoms with Gasteiger partial charge in [0, 0.05) is 33.0 Å². The van der Waals surface area contributed by atoms with Crippen molar-refractivity contribution in [3.63, 3.8) is 0 Å². The lowest BCUT2D eigenvalue weighted by molar-refractivity contribution is 0.0285. The maximum atomic E-state index is 13.2. The highest BCUT2D eigenvalue weighted by atomic mass is 79.9. The summed E-state index contributed by atoms with van der Waals surface area (Å²) in [7, 11) is 3.48. The number of nitrogens with zero attached hydrogens (tertiary/aromatic N) is 3. The van der Waals surface area contributed by atoms with Gasteiger partial charge < -0.3 is 18.9 Å². The molecule has 26 heavy (non-hydrogen) atoms. The summed E-state index contributed by atoms with van der Waals surface area (Å²) in [6, 6.07) is 0.387. The monoisotopic (exact) mass is 427 g/mol. The second-order valence-corrected chi connectivity index (χ2v) is 8.47. The molecule has 3 rings (SSSR count). The van der Waals surface area contributed by atoms with Crippen LogP contribution < -0.4 is 10.5 Å². The highest BCUT2D eigenvalue weighted by molar-refractivity contribution is 9.10. The van der Waals surface area contributed by atoms with Crippen LogP contribution in [-0.2, 0) is 9.47 Å². The average molecular weight is 428 g/mol. The van der Waals surface area contributed by atoms with Crippen LogP contribution in [0.25, 0.3) is 0 Å². The summed E-state index contributed by atoms with van der Waals surface area (Å²) < 4.78 is 13.4. The van der Waals surface area contributed by atoms with Crippen LogP contribution >= 0.6 is 15.9 Å². The summed E-state index contributed by atoms with van der Waals surface area (Å²) in [6.07, 6.45) is 6.17. The van der Waals surface area contributed by atoms with Crippen LogP contribution in [-0.4, -0.2) is 49.1 Å². The van der Waals surface area contributed by atoms with Gasteiger partial charge in [-0.3, -0.25) is 4.79 Å². The molecule has 0 spiro atoms. The zero-order chi connectivity index (χ0) is 18.8. The molecule has 146 valence electrons. The van der Waals surface area contributed by atoms with Crippen LogP contribution in [0.15, 0.2) is 15.6 Å². The molecule has 1 aromatic rings. The maximum Gasteiger partial charge on any atom is 0.293 e. The van der Waals surface area contributed by atoms with Gasteiger partial charge in [0.15, 0.2) is 5.82 Å². The van der Waals surface area contributed by atoms with E-state index >= 15 is 0 Å². The van der Waals surface area contributed by atoms with Crippen LogP contribution in [0.3, 0.4) is 0 Å². The summed E-state index contributed by atoms with van der Waals surface area (Å²) >= 11 is 3.51. The van der Waals surface area contributed by atoms with E-state index in [9.17, 15) is 4.79 Å². The van der Waals surface area contributed by atoms with Crippen molar-refractivity contribution in [3.8, 4) is 0 Å². The first kappa shape index (κ1) is 19.8. The summed E-state index contributed by atoms with van der Waals surface area (Å²) in [5, 5.41) is 0. The van der Waals surface area contributed by atoms with E-state index in [-0.39, 0.29) is 11.6 Å². The predicted molar refractivity (Wildman–Crippen MR) is 106 cm³/mol. The Balaban J connectivity index is 1.95. The number of ether oxygens (including phenoxy) is 2. The molecular formula is C19H30BrN3O3. The summed E-state index contributed by atoms with van der Waals surface area (Å²) in [5.41, 5.74) is -0.0150. The molecule has 1 aromatic heterocycles. The third kappa shape index (κ3) is 3.71. The van der Waals surface area contributed by atoms with Crippen LogP contribution in [0.5, 0.6) is 0 Å². The molecule has 2 fully saturated rings. The topological polar surface area (TPSA) is 56.6 Å². The number of hydrogen-bond acceptors (Lipinski definition) is 5. The third-order valence-electron chi connectivity index (χ3n) is 6.08. The summed E-state index contributed by atoms with van der Waals surface area (Å²) in [5.74, 6) is 1.62. The first-order valence-electron chi connectivity index (χ1n) is 9.57. The Morgan fingerprint density at radius 1 is 1.38 bits per heavy atom. The molecule has 0 bridgehead atoms. The van der Waals surface area contributed by atoms with Crippen molar-refractivity contribution < 1.29 is 9.47 Å². The Bertz CT molecular complexity index is 680. The fraction of sp³-hybridized carbons (Fsp3) is 0.789. The Labute approximate surface area is 164 Å². The van der Waals surface area contributed by atoms with Crippen molar-refractivity contribution in [2.24, 2.45) is 11.8 Å². The molecule has 1 aliphatic carbocycles. The Hall–Kier alpha value is -0.920. The molecule has 5 atom stereocenters. The molecule has 0 aromatic carbocycles. The van der Waals surface area contributed by atoms with Crippen LogP contribution in [0.1, 0.15) is 45.6 Å². The second-order valence-electron chi connectivity index (χ2n) is 7.66. The van der Waals surface area contributed by atoms with Gasteiger partial charge in [0.25, 0.3) is 5.56 Å². The highest BCUT2D eigenvalue weighted by Crippen LogP contribution is 2.41. The zero-order valence-corrected chi connectivity index (χ0v) is 17.7. The summed E-state index contributed by atoms with van der Waals surface area (Å²) in [6.45, 7) is 5.75. The minimum absolute atomic E-state index is 0.0150. The van der Waals surface area contributed by atoms with E-state index in [1.54, 1.807) is 25.0 Å². The van der Waals surface area contributed by atoms with E-state index in [2.05, 4.69) is 39.7 Å². The predicted octanol–water partition coefficient (Wildman–Crippen LogP) is 3.24. The largest absolute Gasteiger partial charge is 0.383 e. The fourth-order valence-corrected chi connectivity index (χ4v) is 5.24. The smallest absolute Gasteiger partial charge is 0.293 e. The number of aromatic nitrogens is 2. The molecule has 2 heterocycles. The van der Waals surface area contributed by atoms with Gasteiger partial charge in [-0.05, 0) is 53.4 Å². The molecule has 0 N–H and O–H groups in total. The molecule has 1 saturated heterocycles. The Morgan fingerprint density at radius 2 is 2.15 bits per heavy atom. The lowest BCUT2D eigenvalue weighted by Gasteiger charge is -2.40. The number of halogens is 1. The molecule has 0 amide bonds. The van der Waals surface area contributed by atoms with Crippen molar-refractivity contribution in [1.82, 2.24) is 9.55 Å². The molecule has 3 unspecified atom stereocenters. The van der Waals surface area contributed by atoms with E-state index in [4.69, 9.17) is 9.47 Å². The lowest BCUT2D eigenvalue weighted by Crippen LogP contribution is -2.47. The molecule has 7 heteroatoms. The summed E-state index contributed by atoms with van der Waals surface area (Å²) in [4.78, 5) is 20.1. The first-order chi connectivity index (χ1) is 12.5. The Morgan fingerprint density at radius 3 is 2.81 bits per heavy atom. The van der Waals surface area contributed by atoms with Gasteiger partial charge in [0.1, 0.15) is 4.60 Å². The minimum Gasteiger partial charge on any atom is -0.383 e. The fourth-order valence-electron chi connectivity index (χ4n) is 4.85. The van der Waals surface area contributed by atoms with Gasteiger partial charge >= 0.3 is 0 Å². The van der Waals surface area contributed by atoms with Gasteiger partial charge in [-0.15, -0.1) is 0 Å². The second kappa shape index (κ2) is 8.40. The molecule has 1 aliphatic heterocycles. The SMILES string of the molecule is CC[C@@H](COC)n1cc(Br)nc(N2CCC3CC(OC)C[C@@H](C)C32)c1=O. The molecule has 6 nitrogen and oxygen atoms in total. The normalized spacial score (nSPS) is 29.7. The zero-order valence-electron chi connectivity index (χ0n) is 16.2. The van der Waals surface area contributed by atoms with E-state index in [1.165, 1.54) is 0 Å². The average Bonchev–Trinajstić information content (AvgIpc) is 3.05. The van der Waals surface area contributed by atoms with Gasteiger partial charge in [0.05, 0.1) is 18.8 Å². The van der Waals surface area contributed by atoms with Gasteiger partial charge in [0.2, 0.25) is 0 Å². The van der Waals surface area contributed by atoms with Crippen LogP contribution in [0, 0.1) is 11.8 Å². The molecule has 1 saturated carbocycles. The van der Waals surface area contributed by atoms with Crippen LogP contribution in [0.4, 0.5) is 5.82 Å². The minimum atomic E-state index is -0.0150. The highest BCUT2D eigenvalue weighted by Gasteiger charge is 2.44.